The van der Waals surface area contributed by atoms with Gasteiger partial charge in [0.1, 0.15) is 5.75 Å². The highest BCUT2D eigenvalue weighted by Crippen LogP contribution is 2.28. The van der Waals surface area contributed by atoms with Crippen molar-refractivity contribution in [2.75, 3.05) is 13.7 Å². The van der Waals surface area contributed by atoms with E-state index in [-0.39, 0.29) is 12.0 Å². The van der Waals surface area contributed by atoms with Crippen LogP contribution in [0.4, 0.5) is 0 Å². The minimum Gasteiger partial charge on any atom is -0.497 e. The second-order valence-electron chi connectivity index (χ2n) is 4.75. The molecule has 0 spiro atoms. The van der Waals surface area contributed by atoms with Crippen molar-refractivity contribution in [2.45, 2.75) is 33.1 Å². The zero-order valence-electron chi connectivity index (χ0n) is 10.5. The van der Waals surface area contributed by atoms with Crippen LogP contribution in [0.15, 0.2) is 24.3 Å². The molecule has 0 aliphatic carbocycles. The SMILES string of the molecule is CCCC(C)(CO)Cc1cccc(OC)c1. The largest absolute Gasteiger partial charge is 0.497 e. The number of methoxy groups -OCH3 is 1. The standard InChI is InChI=1S/C14H22O2/c1-4-8-14(2,11-15)10-12-6-5-7-13(9-12)16-3/h5-7,9,15H,4,8,10-11H2,1-3H3. The Morgan fingerprint density at radius 3 is 2.69 bits per heavy atom. The van der Waals surface area contributed by atoms with Gasteiger partial charge in [-0.1, -0.05) is 32.4 Å². The van der Waals surface area contributed by atoms with Gasteiger partial charge in [0.25, 0.3) is 0 Å². The topological polar surface area (TPSA) is 29.5 Å². The van der Waals surface area contributed by atoms with Gasteiger partial charge in [-0.25, -0.2) is 0 Å². The fraction of sp³-hybridized carbons (Fsp3) is 0.571. The maximum absolute atomic E-state index is 9.47. The fourth-order valence-corrected chi connectivity index (χ4v) is 2.10. The second-order valence-corrected chi connectivity index (χ2v) is 4.75. The van der Waals surface area contributed by atoms with E-state index in [4.69, 9.17) is 4.74 Å². The quantitative estimate of drug-likeness (QED) is 0.801. The number of ether oxygens (including phenoxy) is 1. The highest BCUT2D eigenvalue weighted by atomic mass is 16.5. The predicted octanol–water partition coefficient (Wildman–Crippen LogP) is 3.04. The van der Waals surface area contributed by atoms with Crippen LogP contribution in [0.1, 0.15) is 32.3 Å². The molecule has 1 atom stereocenters. The van der Waals surface area contributed by atoms with E-state index in [0.717, 1.165) is 25.0 Å². The molecular formula is C14H22O2. The summed E-state index contributed by atoms with van der Waals surface area (Å²) in [6, 6.07) is 8.08. The van der Waals surface area contributed by atoms with Crippen molar-refractivity contribution in [1.82, 2.24) is 0 Å². The van der Waals surface area contributed by atoms with Crippen molar-refractivity contribution in [1.29, 1.82) is 0 Å². The lowest BCUT2D eigenvalue weighted by atomic mass is 9.80. The second kappa shape index (κ2) is 5.90. The van der Waals surface area contributed by atoms with Crippen molar-refractivity contribution in [3.8, 4) is 5.75 Å². The molecule has 1 aromatic rings. The van der Waals surface area contributed by atoms with E-state index in [1.165, 1.54) is 5.56 Å². The molecule has 2 heteroatoms. The third kappa shape index (κ3) is 3.53. The van der Waals surface area contributed by atoms with Crippen LogP contribution in [-0.4, -0.2) is 18.8 Å². The van der Waals surface area contributed by atoms with Crippen LogP contribution in [0.5, 0.6) is 5.75 Å². The average Bonchev–Trinajstić information content (AvgIpc) is 2.29. The highest BCUT2D eigenvalue weighted by molar-refractivity contribution is 5.29. The molecule has 0 saturated heterocycles. The Morgan fingerprint density at radius 1 is 1.38 bits per heavy atom. The van der Waals surface area contributed by atoms with Gasteiger partial charge in [0.15, 0.2) is 0 Å². The molecule has 1 N–H and O–H groups in total. The van der Waals surface area contributed by atoms with E-state index < -0.39 is 0 Å². The zero-order chi connectivity index (χ0) is 12.0. The van der Waals surface area contributed by atoms with Crippen LogP contribution in [0.2, 0.25) is 0 Å². The molecule has 0 aromatic heterocycles. The van der Waals surface area contributed by atoms with Gasteiger partial charge < -0.3 is 9.84 Å². The zero-order valence-corrected chi connectivity index (χ0v) is 10.5. The van der Waals surface area contributed by atoms with Crippen molar-refractivity contribution >= 4 is 0 Å². The molecule has 0 amide bonds. The summed E-state index contributed by atoms with van der Waals surface area (Å²) in [6.07, 6.45) is 3.04. The number of rotatable bonds is 6. The summed E-state index contributed by atoms with van der Waals surface area (Å²) in [6.45, 7) is 4.52. The van der Waals surface area contributed by atoms with Gasteiger partial charge in [0, 0.05) is 6.61 Å². The van der Waals surface area contributed by atoms with Gasteiger partial charge in [0.05, 0.1) is 7.11 Å². The first-order chi connectivity index (χ1) is 7.63. The maximum atomic E-state index is 9.47. The Balaban J connectivity index is 2.77. The van der Waals surface area contributed by atoms with E-state index in [0.29, 0.717) is 0 Å². The van der Waals surface area contributed by atoms with Gasteiger partial charge >= 0.3 is 0 Å². The summed E-state index contributed by atoms with van der Waals surface area (Å²) in [5, 5.41) is 9.47. The van der Waals surface area contributed by atoms with E-state index >= 15 is 0 Å². The molecule has 0 radical (unpaired) electrons. The third-order valence-corrected chi connectivity index (χ3v) is 3.00. The van der Waals surface area contributed by atoms with Crippen molar-refractivity contribution < 1.29 is 9.84 Å². The fourth-order valence-electron chi connectivity index (χ4n) is 2.10. The summed E-state index contributed by atoms with van der Waals surface area (Å²) in [7, 11) is 1.68. The molecule has 0 saturated carbocycles. The molecule has 90 valence electrons. The van der Waals surface area contributed by atoms with E-state index in [1.807, 2.05) is 18.2 Å². The molecule has 1 aromatic carbocycles. The summed E-state index contributed by atoms with van der Waals surface area (Å²) >= 11 is 0. The van der Waals surface area contributed by atoms with E-state index in [9.17, 15) is 5.11 Å². The van der Waals surface area contributed by atoms with Gasteiger partial charge in [-0.15, -0.1) is 0 Å². The molecule has 0 fully saturated rings. The minimum atomic E-state index is -0.0128. The van der Waals surface area contributed by atoms with Gasteiger partial charge in [-0.05, 0) is 36.0 Å². The first-order valence-electron chi connectivity index (χ1n) is 5.87. The lowest BCUT2D eigenvalue weighted by Gasteiger charge is -2.27. The Hall–Kier alpha value is -1.02. The smallest absolute Gasteiger partial charge is 0.119 e. The van der Waals surface area contributed by atoms with Crippen LogP contribution >= 0.6 is 0 Å². The minimum absolute atomic E-state index is 0.0128. The molecule has 1 unspecified atom stereocenters. The Bertz CT molecular complexity index is 322. The summed E-state index contributed by atoms with van der Waals surface area (Å²) in [5.41, 5.74) is 1.21. The maximum Gasteiger partial charge on any atom is 0.119 e. The number of hydrogen-bond acceptors (Lipinski definition) is 2. The predicted molar refractivity (Wildman–Crippen MR) is 66.8 cm³/mol. The number of aliphatic hydroxyl groups is 1. The first-order valence-corrected chi connectivity index (χ1v) is 5.87. The first kappa shape index (κ1) is 13.0. The lowest BCUT2D eigenvalue weighted by molar-refractivity contribution is 0.131. The highest BCUT2D eigenvalue weighted by Gasteiger charge is 2.22. The van der Waals surface area contributed by atoms with Crippen LogP contribution < -0.4 is 4.74 Å². The molecule has 1 rings (SSSR count). The van der Waals surface area contributed by atoms with Crippen LogP contribution in [0.3, 0.4) is 0 Å². The van der Waals surface area contributed by atoms with Gasteiger partial charge in [-0.2, -0.15) is 0 Å². The molecular weight excluding hydrogens is 200 g/mol. The van der Waals surface area contributed by atoms with Crippen LogP contribution in [0.25, 0.3) is 0 Å². The molecule has 16 heavy (non-hydrogen) atoms. The summed E-state index contributed by atoms with van der Waals surface area (Å²) in [4.78, 5) is 0. The summed E-state index contributed by atoms with van der Waals surface area (Å²) < 4.78 is 5.20. The normalized spacial score (nSPS) is 14.5. The number of benzene rings is 1. The molecule has 0 bridgehead atoms. The third-order valence-electron chi connectivity index (χ3n) is 3.00. The average molecular weight is 222 g/mol. The van der Waals surface area contributed by atoms with Crippen molar-refractivity contribution in [2.24, 2.45) is 5.41 Å². The van der Waals surface area contributed by atoms with Crippen LogP contribution in [-0.2, 0) is 6.42 Å². The molecule has 0 aliphatic rings. The lowest BCUT2D eigenvalue weighted by Crippen LogP contribution is -2.24. The Kier molecular flexibility index (Phi) is 4.81. The number of aliphatic hydroxyl groups excluding tert-OH is 1. The van der Waals surface area contributed by atoms with Gasteiger partial charge in [0.2, 0.25) is 0 Å². The van der Waals surface area contributed by atoms with Crippen molar-refractivity contribution in [3.63, 3.8) is 0 Å². The monoisotopic (exact) mass is 222 g/mol. The van der Waals surface area contributed by atoms with E-state index in [2.05, 4.69) is 19.9 Å². The number of hydrogen-bond donors (Lipinski definition) is 1. The Labute approximate surface area is 98.3 Å². The summed E-state index contributed by atoms with van der Waals surface area (Å²) in [5.74, 6) is 0.884. The molecule has 0 heterocycles. The van der Waals surface area contributed by atoms with E-state index in [1.54, 1.807) is 7.11 Å². The molecule has 0 aliphatic heterocycles. The van der Waals surface area contributed by atoms with Crippen LogP contribution in [0, 0.1) is 5.41 Å². The molecule has 2 nitrogen and oxygen atoms in total. The van der Waals surface area contributed by atoms with Gasteiger partial charge in [-0.3, -0.25) is 0 Å². The Morgan fingerprint density at radius 2 is 2.12 bits per heavy atom. The van der Waals surface area contributed by atoms with Crippen molar-refractivity contribution in [3.05, 3.63) is 29.8 Å².